The molecule has 182 valence electrons. The molecular formula is C22H24BrClN4O5S. The Bertz CT molecular complexity index is 1210. The molecule has 34 heavy (non-hydrogen) atoms. The largest absolute Gasteiger partial charge is 0.391 e. The predicted molar refractivity (Wildman–Crippen MR) is 129 cm³/mol. The predicted octanol–water partition coefficient (Wildman–Crippen LogP) is 2.09. The van der Waals surface area contributed by atoms with E-state index in [-0.39, 0.29) is 23.9 Å². The third-order valence-corrected chi connectivity index (χ3v) is 9.47. The number of hydrogen-bond acceptors (Lipinski definition) is 7. The molecule has 3 saturated heterocycles. The smallest absolute Gasteiger partial charge is 0.243 e. The summed E-state index contributed by atoms with van der Waals surface area (Å²) in [6.45, 7) is 0.694. The number of aliphatic hydroxyl groups is 1. The Labute approximate surface area is 211 Å². The van der Waals surface area contributed by atoms with Crippen molar-refractivity contribution in [1.82, 2.24) is 14.2 Å². The van der Waals surface area contributed by atoms with E-state index in [1.165, 1.54) is 17.0 Å². The molecule has 1 atom stereocenters. The number of sulfonamides is 1. The fraction of sp³-hybridized carbons (Fsp3) is 0.455. The molecule has 1 N–H and O–H groups in total. The number of aliphatic hydroxyl groups excluding tert-OH is 1. The van der Waals surface area contributed by atoms with Gasteiger partial charge < -0.3 is 19.6 Å². The Morgan fingerprint density at radius 3 is 2.50 bits per heavy atom. The van der Waals surface area contributed by atoms with Crippen LogP contribution in [0.3, 0.4) is 0 Å². The number of aromatic nitrogens is 1. The van der Waals surface area contributed by atoms with Crippen LogP contribution in [0.2, 0.25) is 5.02 Å². The van der Waals surface area contributed by atoms with Gasteiger partial charge in [-0.15, -0.1) is 0 Å². The molecule has 0 bridgehead atoms. The number of carbonyl (C=O) groups excluding carboxylic acids is 1. The monoisotopic (exact) mass is 570 g/mol. The number of fused-ring (bicyclic) bond motifs is 1. The summed E-state index contributed by atoms with van der Waals surface area (Å²) in [5.41, 5.74) is -1.18. The molecule has 3 fully saturated rings. The minimum Gasteiger partial charge on any atom is -0.391 e. The van der Waals surface area contributed by atoms with Gasteiger partial charge in [0.2, 0.25) is 15.9 Å². The summed E-state index contributed by atoms with van der Waals surface area (Å²) >= 11 is 9.61. The van der Waals surface area contributed by atoms with Gasteiger partial charge in [-0.25, -0.2) is 8.42 Å². The number of amides is 1. The van der Waals surface area contributed by atoms with Gasteiger partial charge in [-0.1, -0.05) is 27.5 Å². The van der Waals surface area contributed by atoms with E-state index in [4.69, 9.17) is 16.3 Å². The third kappa shape index (κ3) is 4.02. The number of halogens is 2. The summed E-state index contributed by atoms with van der Waals surface area (Å²) in [7, 11) is -3.95. The highest BCUT2D eigenvalue weighted by Crippen LogP contribution is 2.44. The maximum absolute atomic E-state index is 13.3. The number of benzene rings is 1. The highest BCUT2D eigenvalue weighted by molar-refractivity contribution is 9.10. The van der Waals surface area contributed by atoms with Crippen molar-refractivity contribution in [3.63, 3.8) is 0 Å². The van der Waals surface area contributed by atoms with Crippen LogP contribution in [-0.4, -0.2) is 84.3 Å². The van der Waals surface area contributed by atoms with Crippen LogP contribution in [0, 0.1) is 0 Å². The SMILES string of the molecule is O=C1CN(S(=O)(=O)c2ccc(Br)cc2)CC2(CO)OC3(CCN(c4ccncc4Cl)CC3)CN12. The number of hydrogen-bond donors (Lipinski definition) is 1. The van der Waals surface area contributed by atoms with Gasteiger partial charge in [-0.2, -0.15) is 4.31 Å². The van der Waals surface area contributed by atoms with Gasteiger partial charge in [0.15, 0.2) is 5.72 Å². The Kier molecular flexibility index (Phi) is 6.14. The molecule has 0 radical (unpaired) electrons. The van der Waals surface area contributed by atoms with Crippen LogP contribution in [-0.2, 0) is 19.6 Å². The highest BCUT2D eigenvalue weighted by Gasteiger charge is 2.60. The Hall–Kier alpha value is -1.76. The molecule has 1 spiro atoms. The van der Waals surface area contributed by atoms with Crippen molar-refractivity contribution in [2.24, 2.45) is 0 Å². The first-order valence-electron chi connectivity index (χ1n) is 10.9. The normalized spacial score (nSPS) is 25.1. The standard InChI is InChI=1S/C22H24BrClN4O5S/c23-16-1-3-17(4-2-16)34(31,32)27-12-20(30)28-13-21(33-22(28,14-27)15-29)6-9-26(10-7-21)19-5-8-25-11-18(19)24/h1-5,8,11,29H,6-7,9-10,12-15H2. The van der Waals surface area contributed by atoms with Crippen molar-refractivity contribution in [2.75, 3.05) is 44.2 Å². The van der Waals surface area contributed by atoms with E-state index in [0.29, 0.717) is 37.5 Å². The van der Waals surface area contributed by atoms with E-state index in [0.717, 1.165) is 14.5 Å². The lowest BCUT2D eigenvalue weighted by Crippen LogP contribution is -2.65. The van der Waals surface area contributed by atoms with Crippen LogP contribution < -0.4 is 4.90 Å². The summed E-state index contributed by atoms with van der Waals surface area (Å²) in [5, 5.41) is 10.9. The lowest BCUT2D eigenvalue weighted by atomic mass is 9.91. The van der Waals surface area contributed by atoms with E-state index in [2.05, 4.69) is 25.8 Å². The van der Waals surface area contributed by atoms with Crippen molar-refractivity contribution in [3.05, 3.63) is 52.2 Å². The first-order chi connectivity index (χ1) is 16.2. The molecule has 3 aliphatic rings. The summed E-state index contributed by atoms with van der Waals surface area (Å²) in [5.74, 6) is -0.377. The number of carbonyl (C=O) groups is 1. The molecule has 9 nitrogen and oxygen atoms in total. The molecule has 4 heterocycles. The van der Waals surface area contributed by atoms with Crippen molar-refractivity contribution in [3.8, 4) is 0 Å². The Morgan fingerprint density at radius 1 is 1.15 bits per heavy atom. The summed E-state index contributed by atoms with van der Waals surface area (Å²) in [4.78, 5) is 20.9. The Morgan fingerprint density at radius 2 is 1.85 bits per heavy atom. The average Bonchev–Trinajstić information content (AvgIpc) is 3.15. The second-order valence-corrected chi connectivity index (χ2v) is 12.2. The van der Waals surface area contributed by atoms with Gasteiger partial charge in [-0.05, 0) is 43.2 Å². The molecule has 0 saturated carbocycles. The van der Waals surface area contributed by atoms with Crippen molar-refractivity contribution in [1.29, 1.82) is 0 Å². The molecular weight excluding hydrogens is 548 g/mol. The first kappa shape index (κ1) is 24.0. The van der Waals surface area contributed by atoms with Gasteiger partial charge >= 0.3 is 0 Å². The van der Waals surface area contributed by atoms with E-state index >= 15 is 0 Å². The van der Waals surface area contributed by atoms with Gasteiger partial charge in [0.1, 0.15) is 0 Å². The molecule has 1 unspecified atom stereocenters. The zero-order valence-electron chi connectivity index (χ0n) is 18.2. The van der Waals surface area contributed by atoms with Crippen LogP contribution in [0.4, 0.5) is 5.69 Å². The fourth-order valence-electron chi connectivity index (χ4n) is 5.06. The first-order valence-corrected chi connectivity index (χ1v) is 13.5. The number of piperidine rings is 1. The minimum absolute atomic E-state index is 0.0836. The van der Waals surface area contributed by atoms with E-state index in [1.54, 1.807) is 24.5 Å². The summed E-state index contributed by atoms with van der Waals surface area (Å²) in [6.07, 6.45) is 4.51. The van der Waals surface area contributed by atoms with Crippen LogP contribution >= 0.6 is 27.5 Å². The van der Waals surface area contributed by atoms with Crippen molar-refractivity contribution >= 4 is 49.1 Å². The quantitative estimate of drug-likeness (QED) is 0.599. The molecule has 1 aromatic heterocycles. The maximum Gasteiger partial charge on any atom is 0.243 e. The van der Waals surface area contributed by atoms with E-state index in [9.17, 15) is 18.3 Å². The second kappa shape index (κ2) is 8.72. The number of pyridine rings is 1. The average molecular weight is 572 g/mol. The molecule has 12 heteroatoms. The van der Waals surface area contributed by atoms with Crippen molar-refractivity contribution < 1.29 is 23.1 Å². The number of ether oxygens (including phenoxy) is 1. The number of rotatable bonds is 4. The molecule has 5 rings (SSSR count). The minimum atomic E-state index is -3.95. The molecule has 2 aromatic rings. The van der Waals surface area contributed by atoms with Crippen LogP contribution in [0.25, 0.3) is 0 Å². The molecule has 1 amide bonds. The topological polar surface area (TPSA) is 103 Å². The molecule has 3 aliphatic heterocycles. The van der Waals surface area contributed by atoms with Gasteiger partial charge in [-0.3, -0.25) is 9.78 Å². The fourth-order valence-corrected chi connectivity index (χ4v) is 6.99. The summed E-state index contributed by atoms with van der Waals surface area (Å²) in [6, 6.07) is 8.10. The third-order valence-electron chi connectivity index (χ3n) is 6.85. The number of piperazine rings is 1. The van der Waals surface area contributed by atoms with E-state index < -0.39 is 28.0 Å². The number of nitrogens with zero attached hydrogens (tertiary/aromatic N) is 4. The summed E-state index contributed by atoms with van der Waals surface area (Å²) < 4.78 is 34.9. The van der Waals surface area contributed by atoms with Crippen LogP contribution in [0.1, 0.15) is 12.8 Å². The van der Waals surface area contributed by atoms with Crippen LogP contribution in [0.5, 0.6) is 0 Å². The Balaban J connectivity index is 1.37. The lowest BCUT2D eigenvalue weighted by molar-refractivity contribution is -0.191. The highest BCUT2D eigenvalue weighted by atomic mass is 79.9. The molecule has 1 aromatic carbocycles. The van der Waals surface area contributed by atoms with Crippen LogP contribution in [0.15, 0.2) is 52.1 Å². The maximum atomic E-state index is 13.3. The lowest BCUT2D eigenvalue weighted by Gasteiger charge is -2.44. The van der Waals surface area contributed by atoms with E-state index in [1.807, 2.05) is 6.07 Å². The zero-order chi connectivity index (χ0) is 24.1. The van der Waals surface area contributed by atoms with Gasteiger partial charge in [0, 0.05) is 30.0 Å². The zero-order valence-corrected chi connectivity index (χ0v) is 21.4. The number of anilines is 1. The van der Waals surface area contributed by atoms with Gasteiger partial charge in [0.05, 0.1) is 47.4 Å². The van der Waals surface area contributed by atoms with Gasteiger partial charge in [0.25, 0.3) is 0 Å². The second-order valence-electron chi connectivity index (χ2n) is 8.91. The molecule has 0 aliphatic carbocycles. The van der Waals surface area contributed by atoms with Crippen molar-refractivity contribution in [2.45, 2.75) is 29.1 Å².